The minimum Gasteiger partial charge on any atom is -0.309 e. The molecular formula is C19H25FN2O2S. The molecule has 0 bridgehead atoms. The van der Waals surface area contributed by atoms with Gasteiger partial charge in [-0.1, -0.05) is 30.3 Å². The third kappa shape index (κ3) is 6.23. The molecule has 0 unspecified atom stereocenters. The van der Waals surface area contributed by atoms with Gasteiger partial charge in [-0.15, -0.1) is 0 Å². The van der Waals surface area contributed by atoms with E-state index < -0.39 is 10.0 Å². The number of aryl methyl sites for hydroxylation is 1. The number of hydrogen-bond acceptors (Lipinski definition) is 3. The van der Waals surface area contributed by atoms with Crippen molar-refractivity contribution in [2.45, 2.75) is 45.7 Å². The fraction of sp³-hybridized carbons (Fsp3) is 0.368. The number of hydrogen-bond donors (Lipinski definition) is 2. The summed E-state index contributed by atoms with van der Waals surface area (Å²) in [5, 5.41) is 3.31. The fourth-order valence-corrected chi connectivity index (χ4v) is 4.16. The molecule has 0 heterocycles. The molecule has 0 aromatic heterocycles. The summed E-state index contributed by atoms with van der Waals surface area (Å²) in [6.07, 6.45) is 0. The van der Waals surface area contributed by atoms with E-state index in [-0.39, 0.29) is 17.6 Å². The van der Waals surface area contributed by atoms with Crippen molar-refractivity contribution in [1.82, 2.24) is 10.0 Å². The molecule has 0 saturated carbocycles. The molecule has 0 spiro atoms. The maximum absolute atomic E-state index is 13.2. The lowest BCUT2D eigenvalue weighted by Gasteiger charge is -2.14. The van der Waals surface area contributed by atoms with E-state index >= 15 is 0 Å². The molecule has 2 aromatic rings. The lowest BCUT2D eigenvalue weighted by Crippen LogP contribution is -2.31. The Kier molecular flexibility index (Phi) is 6.70. The molecule has 6 heteroatoms. The molecule has 0 aliphatic rings. The second-order valence-corrected chi connectivity index (χ2v) is 8.23. The molecule has 2 N–H and O–H groups in total. The Morgan fingerprint density at radius 3 is 2.28 bits per heavy atom. The van der Waals surface area contributed by atoms with Crippen molar-refractivity contribution < 1.29 is 12.8 Å². The SMILES string of the molecule is Cc1cc(F)ccc1CNCc1ccccc1CS(=O)(=O)NC(C)C. The molecule has 0 aliphatic heterocycles. The Balaban J connectivity index is 2.03. The molecule has 2 rings (SSSR count). The lowest BCUT2D eigenvalue weighted by molar-refractivity contribution is 0.568. The van der Waals surface area contributed by atoms with Gasteiger partial charge in [0.25, 0.3) is 0 Å². The van der Waals surface area contributed by atoms with Crippen LogP contribution < -0.4 is 10.0 Å². The van der Waals surface area contributed by atoms with Gasteiger partial charge in [-0.3, -0.25) is 0 Å². The van der Waals surface area contributed by atoms with Crippen molar-refractivity contribution in [3.63, 3.8) is 0 Å². The highest BCUT2D eigenvalue weighted by Gasteiger charge is 2.15. The van der Waals surface area contributed by atoms with Gasteiger partial charge in [0.05, 0.1) is 5.75 Å². The van der Waals surface area contributed by atoms with Crippen LogP contribution >= 0.6 is 0 Å². The standard InChI is InChI=1S/C19H25FN2O2S/c1-14(2)22-25(23,24)13-18-7-5-4-6-17(18)12-21-11-16-8-9-19(20)10-15(16)3/h4-10,14,21-22H,11-13H2,1-3H3. The molecular weight excluding hydrogens is 339 g/mol. The van der Waals surface area contributed by atoms with Crippen LogP contribution in [0.2, 0.25) is 0 Å². The topological polar surface area (TPSA) is 58.2 Å². The first-order valence-corrected chi connectivity index (χ1v) is 9.94. The maximum atomic E-state index is 13.2. The lowest BCUT2D eigenvalue weighted by atomic mass is 10.1. The van der Waals surface area contributed by atoms with Crippen LogP contribution in [0.4, 0.5) is 4.39 Å². The first-order valence-electron chi connectivity index (χ1n) is 8.29. The fourth-order valence-electron chi connectivity index (χ4n) is 2.67. The Hall–Kier alpha value is -1.76. The zero-order chi connectivity index (χ0) is 18.4. The van der Waals surface area contributed by atoms with Gasteiger partial charge >= 0.3 is 0 Å². The third-order valence-electron chi connectivity index (χ3n) is 3.81. The summed E-state index contributed by atoms with van der Waals surface area (Å²) in [6, 6.07) is 12.1. The van der Waals surface area contributed by atoms with E-state index in [1.54, 1.807) is 19.9 Å². The molecule has 25 heavy (non-hydrogen) atoms. The van der Waals surface area contributed by atoms with Crippen LogP contribution in [0.25, 0.3) is 0 Å². The van der Waals surface area contributed by atoms with Gasteiger partial charge in [-0.2, -0.15) is 0 Å². The van der Waals surface area contributed by atoms with E-state index in [2.05, 4.69) is 10.0 Å². The van der Waals surface area contributed by atoms with Gasteiger partial charge in [0.2, 0.25) is 10.0 Å². The van der Waals surface area contributed by atoms with Crippen molar-refractivity contribution >= 4 is 10.0 Å². The Bertz CT molecular complexity index is 820. The summed E-state index contributed by atoms with van der Waals surface area (Å²) in [4.78, 5) is 0. The predicted octanol–water partition coefficient (Wildman–Crippen LogP) is 3.25. The first-order chi connectivity index (χ1) is 11.8. The number of nitrogens with one attached hydrogen (secondary N) is 2. The van der Waals surface area contributed by atoms with Crippen molar-refractivity contribution in [2.24, 2.45) is 0 Å². The van der Waals surface area contributed by atoms with E-state index in [1.807, 2.05) is 31.2 Å². The van der Waals surface area contributed by atoms with Crippen LogP contribution in [0.1, 0.15) is 36.1 Å². The molecule has 0 radical (unpaired) electrons. The normalized spacial score (nSPS) is 11.9. The summed E-state index contributed by atoms with van der Waals surface area (Å²) in [5.74, 6) is -0.284. The smallest absolute Gasteiger partial charge is 0.216 e. The van der Waals surface area contributed by atoms with Crippen molar-refractivity contribution in [3.8, 4) is 0 Å². The molecule has 4 nitrogen and oxygen atoms in total. The monoisotopic (exact) mass is 364 g/mol. The van der Waals surface area contributed by atoms with E-state index in [0.717, 1.165) is 22.3 Å². The third-order valence-corrected chi connectivity index (χ3v) is 5.34. The molecule has 0 aliphatic carbocycles. The molecule has 0 saturated heterocycles. The number of sulfonamides is 1. The van der Waals surface area contributed by atoms with E-state index in [4.69, 9.17) is 0 Å². The van der Waals surface area contributed by atoms with E-state index in [9.17, 15) is 12.8 Å². The summed E-state index contributed by atoms with van der Waals surface area (Å²) in [7, 11) is -3.36. The highest BCUT2D eigenvalue weighted by Crippen LogP contribution is 2.14. The van der Waals surface area contributed by atoms with Gasteiger partial charge in [0.15, 0.2) is 0 Å². The summed E-state index contributed by atoms with van der Waals surface area (Å²) >= 11 is 0. The number of halogens is 1. The van der Waals surface area contributed by atoms with Gasteiger partial charge < -0.3 is 5.32 Å². The Morgan fingerprint density at radius 2 is 1.64 bits per heavy atom. The number of rotatable bonds is 8. The van der Waals surface area contributed by atoms with Crippen molar-refractivity contribution in [2.75, 3.05) is 0 Å². The van der Waals surface area contributed by atoms with Crippen molar-refractivity contribution in [1.29, 1.82) is 0 Å². The second-order valence-electron chi connectivity index (χ2n) is 6.47. The average Bonchev–Trinajstić information content (AvgIpc) is 2.49. The summed E-state index contributed by atoms with van der Waals surface area (Å²) in [5.41, 5.74) is 3.63. The Labute approximate surface area is 149 Å². The van der Waals surface area contributed by atoms with Crippen molar-refractivity contribution in [3.05, 3.63) is 70.5 Å². The highest BCUT2D eigenvalue weighted by molar-refractivity contribution is 7.88. The molecule has 0 fully saturated rings. The van der Waals surface area contributed by atoms with Crippen LogP contribution in [-0.4, -0.2) is 14.5 Å². The zero-order valence-electron chi connectivity index (χ0n) is 14.8. The van der Waals surface area contributed by atoms with E-state index in [1.165, 1.54) is 12.1 Å². The van der Waals surface area contributed by atoms with Crippen LogP contribution in [0.5, 0.6) is 0 Å². The van der Waals surface area contributed by atoms with Gasteiger partial charge in [0.1, 0.15) is 5.82 Å². The second kappa shape index (κ2) is 8.56. The largest absolute Gasteiger partial charge is 0.309 e. The summed E-state index contributed by atoms with van der Waals surface area (Å²) in [6.45, 7) is 6.62. The Morgan fingerprint density at radius 1 is 1.00 bits per heavy atom. The number of benzene rings is 2. The van der Waals surface area contributed by atoms with Crippen LogP contribution in [0.15, 0.2) is 42.5 Å². The van der Waals surface area contributed by atoms with Gasteiger partial charge in [-0.25, -0.2) is 17.5 Å². The predicted molar refractivity (Wildman–Crippen MR) is 99.0 cm³/mol. The summed E-state index contributed by atoms with van der Waals surface area (Å²) < 4.78 is 40.1. The zero-order valence-corrected chi connectivity index (χ0v) is 15.7. The first kappa shape index (κ1) is 19.6. The van der Waals surface area contributed by atoms with E-state index in [0.29, 0.717) is 13.1 Å². The highest BCUT2D eigenvalue weighted by atomic mass is 32.2. The molecule has 2 aromatic carbocycles. The quantitative estimate of drug-likeness (QED) is 0.756. The minimum absolute atomic E-state index is 0.0430. The van der Waals surface area contributed by atoms with Crippen LogP contribution in [0, 0.1) is 12.7 Å². The maximum Gasteiger partial charge on any atom is 0.216 e. The van der Waals surface area contributed by atoms with Gasteiger partial charge in [-0.05, 0) is 55.2 Å². The van der Waals surface area contributed by atoms with Crippen LogP contribution in [-0.2, 0) is 28.9 Å². The molecule has 136 valence electrons. The van der Waals surface area contributed by atoms with Gasteiger partial charge in [0, 0.05) is 19.1 Å². The average molecular weight is 364 g/mol. The van der Waals surface area contributed by atoms with Crippen LogP contribution in [0.3, 0.4) is 0 Å². The molecule has 0 amide bonds. The molecule has 0 atom stereocenters. The minimum atomic E-state index is -3.36.